The van der Waals surface area contributed by atoms with Crippen LogP contribution < -0.4 is 10.6 Å². The van der Waals surface area contributed by atoms with Gasteiger partial charge in [-0.3, -0.25) is 4.79 Å². The van der Waals surface area contributed by atoms with E-state index in [-0.39, 0.29) is 5.91 Å². The minimum absolute atomic E-state index is 0.0577. The summed E-state index contributed by atoms with van der Waals surface area (Å²) in [6, 6.07) is 8.93. The number of nitrogens with zero attached hydrogens (tertiary/aromatic N) is 1. The van der Waals surface area contributed by atoms with Gasteiger partial charge in [0, 0.05) is 37.3 Å². The second-order valence-corrected chi connectivity index (χ2v) is 7.34. The fraction of sp³-hybridized carbons (Fsp3) is 0.389. The number of carbonyl (C=O) groups excluding carboxylic acids is 1. The normalized spacial score (nSPS) is 25.4. The Morgan fingerprint density at radius 1 is 1.26 bits per heavy atom. The van der Waals surface area contributed by atoms with Crippen molar-refractivity contribution in [3.05, 3.63) is 51.7 Å². The first-order chi connectivity index (χ1) is 11.1. The predicted octanol–water partition coefficient (Wildman–Crippen LogP) is 3.27. The third-order valence-corrected chi connectivity index (χ3v) is 5.65. The van der Waals surface area contributed by atoms with Crippen molar-refractivity contribution in [2.75, 3.05) is 26.0 Å². The highest BCUT2D eigenvalue weighted by molar-refractivity contribution is 7.08. The highest BCUT2D eigenvalue weighted by Crippen LogP contribution is 2.47. The Labute approximate surface area is 140 Å². The number of amides is 1. The van der Waals surface area contributed by atoms with E-state index in [1.807, 2.05) is 6.07 Å². The summed E-state index contributed by atoms with van der Waals surface area (Å²) >= 11 is 1.75. The van der Waals surface area contributed by atoms with Crippen molar-refractivity contribution in [3.63, 3.8) is 0 Å². The lowest BCUT2D eigenvalue weighted by Gasteiger charge is -2.37. The number of anilines is 1. The molecule has 3 atom stereocenters. The molecule has 2 aromatic rings. The summed E-state index contributed by atoms with van der Waals surface area (Å²) in [7, 11) is 3.59. The maximum atomic E-state index is 12.3. The predicted molar refractivity (Wildman–Crippen MR) is 94.0 cm³/mol. The first-order valence-corrected chi connectivity index (χ1v) is 8.97. The van der Waals surface area contributed by atoms with Gasteiger partial charge in [0.15, 0.2) is 0 Å². The molecule has 1 aromatic heterocycles. The molecule has 2 N–H and O–H groups in total. The number of rotatable bonds is 2. The molecule has 23 heavy (non-hydrogen) atoms. The van der Waals surface area contributed by atoms with Crippen LogP contribution >= 0.6 is 11.3 Å². The van der Waals surface area contributed by atoms with Crippen molar-refractivity contribution in [2.24, 2.45) is 5.92 Å². The Morgan fingerprint density at radius 2 is 2.13 bits per heavy atom. The molecule has 4 rings (SSSR count). The monoisotopic (exact) mass is 327 g/mol. The van der Waals surface area contributed by atoms with Gasteiger partial charge >= 0.3 is 0 Å². The summed E-state index contributed by atoms with van der Waals surface area (Å²) in [5, 5.41) is 11.7. The van der Waals surface area contributed by atoms with Gasteiger partial charge in [0.2, 0.25) is 0 Å². The molecule has 3 heterocycles. The molecule has 1 saturated heterocycles. The smallest absolute Gasteiger partial charge is 0.253 e. The minimum Gasteiger partial charge on any atom is -0.378 e. The van der Waals surface area contributed by atoms with Crippen molar-refractivity contribution in [2.45, 2.75) is 18.5 Å². The summed E-state index contributed by atoms with van der Waals surface area (Å²) in [6.07, 6.45) is 1.16. The van der Waals surface area contributed by atoms with Gasteiger partial charge in [0.25, 0.3) is 5.91 Å². The molecule has 0 aliphatic carbocycles. The average Bonchev–Trinajstić information content (AvgIpc) is 3.24. The van der Waals surface area contributed by atoms with Crippen LogP contribution in [0, 0.1) is 5.92 Å². The van der Waals surface area contributed by atoms with Crippen molar-refractivity contribution in [3.8, 4) is 0 Å². The van der Waals surface area contributed by atoms with Crippen LogP contribution in [0.15, 0.2) is 35.0 Å². The Balaban J connectivity index is 1.74. The second kappa shape index (κ2) is 5.65. The van der Waals surface area contributed by atoms with Crippen molar-refractivity contribution >= 4 is 22.9 Å². The average molecular weight is 327 g/mol. The van der Waals surface area contributed by atoms with Crippen LogP contribution in [-0.4, -0.2) is 31.4 Å². The lowest BCUT2D eigenvalue weighted by Crippen LogP contribution is -2.32. The van der Waals surface area contributed by atoms with Gasteiger partial charge < -0.3 is 15.5 Å². The van der Waals surface area contributed by atoms with Crippen LogP contribution in [-0.2, 0) is 0 Å². The van der Waals surface area contributed by atoms with Crippen LogP contribution in [0.5, 0.6) is 0 Å². The van der Waals surface area contributed by atoms with E-state index in [4.69, 9.17) is 0 Å². The molecular formula is C18H21N3OS. The Hall–Kier alpha value is -1.85. The van der Waals surface area contributed by atoms with Gasteiger partial charge in [-0.15, -0.1) is 0 Å². The van der Waals surface area contributed by atoms with Crippen LogP contribution in [0.1, 0.15) is 40.0 Å². The van der Waals surface area contributed by atoms with E-state index in [1.54, 1.807) is 30.3 Å². The zero-order valence-electron chi connectivity index (χ0n) is 13.4. The zero-order chi connectivity index (χ0) is 16.0. The first-order valence-electron chi connectivity index (χ1n) is 8.03. The maximum Gasteiger partial charge on any atom is 0.253 e. The fourth-order valence-corrected chi connectivity index (χ4v) is 4.52. The SMILES string of the molecule is CN(C)C(=O)c1ccc2c(c1)[C@H]1NCC[C@H]1C(c1ccsc1)N2. The number of carbonyl (C=O) groups is 1. The molecular weight excluding hydrogens is 306 g/mol. The standard InChI is InChI=1S/C18H21N3OS/c1-21(2)18(22)11-3-4-15-14(9-11)17-13(5-7-19-17)16(20-15)12-6-8-23-10-12/h3-4,6,8-10,13,16-17,19-20H,5,7H2,1-2H3/t13-,16?,17-/m0/s1. The summed E-state index contributed by atoms with van der Waals surface area (Å²) < 4.78 is 0. The Kier molecular flexibility index (Phi) is 3.62. The van der Waals surface area contributed by atoms with Crippen molar-refractivity contribution in [1.29, 1.82) is 0 Å². The fourth-order valence-electron chi connectivity index (χ4n) is 3.82. The van der Waals surface area contributed by atoms with Gasteiger partial charge in [0.05, 0.1) is 6.04 Å². The summed E-state index contributed by atoms with van der Waals surface area (Å²) in [5.41, 5.74) is 4.50. The molecule has 120 valence electrons. The van der Waals surface area contributed by atoms with Gasteiger partial charge in [0.1, 0.15) is 0 Å². The van der Waals surface area contributed by atoms with E-state index in [2.05, 4.69) is 39.6 Å². The summed E-state index contributed by atoms with van der Waals surface area (Å²) in [5.74, 6) is 0.587. The van der Waals surface area contributed by atoms with E-state index >= 15 is 0 Å². The van der Waals surface area contributed by atoms with Gasteiger partial charge in [-0.2, -0.15) is 11.3 Å². The Bertz CT molecular complexity index is 726. The third-order valence-electron chi connectivity index (χ3n) is 4.95. The van der Waals surface area contributed by atoms with E-state index in [0.29, 0.717) is 18.0 Å². The van der Waals surface area contributed by atoms with E-state index < -0.39 is 0 Å². The van der Waals surface area contributed by atoms with Crippen molar-refractivity contribution < 1.29 is 4.79 Å². The lowest BCUT2D eigenvalue weighted by atomic mass is 9.80. The number of hydrogen-bond donors (Lipinski definition) is 2. The number of fused-ring (bicyclic) bond motifs is 3. The molecule has 5 heteroatoms. The molecule has 2 aliphatic rings. The maximum absolute atomic E-state index is 12.3. The molecule has 0 saturated carbocycles. The van der Waals surface area contributed by atoms with Gasteiger partial charge in [-0.1, -0.05) is 0 Å². The van der Waals surface area contributed by atoms with Crippen LogP contribution in [0.4, 0.5) is 5.69 Å². The molecule has 1 amide bonds. The molecule has 2 aliphatic heterocycles. The lowest BCUT2D eigenvalue weighted by molar-refractivity contribution is 0.0827. The molecule has 1 unspecified atom stereocenters. The van der Waals surface area contributed by atoms with Crippen LogP contribution in [0.25, 0.3) is 0 Å². The molecule has 1 aromatic carbocycles. The van der Waals surface area contributed by atoms with E-state index in [9.17, 15) is 4.79 Å². The highest BCUT2D eigenvalue weighted by atomic mass is 32.1. The van der Waals surface area contributed by atoms with Crippen molar-refractivity contribution in [1.82, 2.24) is 10.2 Å². The van der Waals surface area contributed by atoms with E-state index in [1.165, 1.54) is 11.1 Å². The van der Waals surface area contributed by atoms with Crippen LogP contribution in [0.2, 0.25) is 0 Å². The molecule has 0 radical (unpaired) electrons. The second-order valence-electron chi connectivity index (χ2n) is 6.56. The largest absolute Gasteiger partial charge is 0.378 e. The quantitative estimate of drug-likeness (QED) is 0.890. The summed E-state index contributed by atoms with van der Waals surface area (Å²) in [4.78, 5) is 13.9. The third kappa shape index (κ3) is 2.44. The topological polar surface area (TPSA) is 44.4 Å². The van der Waals surface area contributed by atoms with Gasteiger partial charge in [-0.25, -0.2) is 0 Å². The van der Waals surface area contributed by atoms with E-state index in [0.717, 1.165) is 24.2 Å². The summed E-state index contributed by atoms with van der Waals surface area (Å²) in [6.45, 7) is 1.03. The zero-order valence-corrected chi connectivity index (χ0v) is 14.2. The van der Waals surface area contributed by atoms with Gasteiger partial charge in [-0.05, 0) is 59.1 Å². The first kappa shape index (κ1) is 14.7. The van der Waals surface area contributed by atoms with Crippen LogP contribution in [0.3, 0.4) is 0 Å². The highest BCUT2D eigenvalue weighted by Gasteiger charge is 2.40. The molecule has 0 spiro atoms. The minimum atomic E-state index is 0.0577. The number of nitrogens with one attached hydrogen (secondary N) is 2. The molecule has 1 fully saturated rings. The molecule has 0 bridgehead atoms. The Morgan fingerprint density at radius 3 is 2.87 bits per heavy atom. The number of hydrogen-bond acceptors (Lipinski definition) is 4. The number of benzene rings is 1. The number of thiophene rings is 1. The molecule has 4 nitrogen and oxygen atoms in total.